The van der Waals surface area contributed by atoms with Crippen molar-refractivity contribution in [3.05, 3.63) is 28.8 Å². The predicted octanol–water partition coefficient (Wildman–Crippen LogP) is 2.27. The van der Waals surface area contributed by atoms with Crippen LogP contribution in [0.4, 0.5) is 5.69 Å². The second kappa shape index (κ2) is 8.12. The molecule has 1 unspecified atom stereocenters. The summed E-state index contributed by atoms with van der Waals surface area (Å²) < 4.78 is 0. The SMILES string of the molecule is CCNCc1c(Cl)cccc1N(C)CC(C)C(=O)NC. The molecule has 0 bridgehead atoms. The van der Waals surface area contributed by atoms with Gasteiger partial charge >= 0.3 is 0 Å². The summed E-state index contributed by atoms with van der Waals surface area (Å²) >= 11 is 6.29. The van der Waals surface area contributed by atoms with E-state index in [1.165, 1.54) is 0 Å². The van der Waals surface area contributed by atoms with E-state index in [0.29, 0.717) is 6.54 Å². The molecule has 112 valence electrons. The van der Waals surface area contributed by atoms with E-state index in [4.69, 9.17) is 11.6 Å². The molecule has 0 aliphatic heterocycles. The molecule has 0 aromatic heterocycles. The van der Waals surface area contributed by atoms with Crippen LogP contribution in [0.1, 0.15) is 19.4 Å². The number of halogens is 1. The fourth-order valence-electron chi connectivity index (χ4n) is 2.17. The third kappa shape index (κ3) is 4.39. The lowest BCUT2D eigenvalue weighted by Crippen LogP contribution is -2.35. The highest BCUT2D eigenvalue weighted by atomic mass is 35.5. The van der Waals surface area contributed by atoms with Crippen LogP contribution >= 0.6 is 11.6 Å². The Kier molecular flexibility index (Phi) is 6.82. The summed E-state index contributed by atoms with van der Waals surface area (Å²) in [6.45, 7) is 6.25. The first kappa shape index (κ1) is 16.8. The minimum absolute atomic E-state index is 0.0483. The molecule has 4 nitrogen and oxygen atoms in total. The summed E-state index contributed by atoms with van der Waals surface area (Å²) in [6, 6.07) is 5.87. The highest BCUT2D eigenvalue weighted by Crippen LogP contribution is 2.27. The van der Waals surface area contributed by atoms with Gasteiger partial charge in [-0.3, -0.25) is 4.79 Å². The number of nitrogens with zero attached hydrogens (tertiary/aromatic N) is 1. The van der Waals surface area contributed by atoms with Crippen molar-refractivity contribution in [2.45, 2.75) is 20.4 Å². The smallest absolute Gasteiger partial charge is 0.224 e. The van der Waals surface area contributed by atoms with Crippen LogP contribution in [0.2, 0.25) is 5.02 Å². The topological polar surface area (TPSA) is 44.4 Å². The zero-order chi connectivity index (χ0) is 15.1. The third-order valence-electron chi connectivity index (χ3n) is 3.30. The van der Waals surface area contributed by atoms with Crippen molar-refractivity contribution in [3.8, 4) is 0 Å². The Hall–Kier alpha value is -1.26. The Balaban J connectivity index is 2.88. The maximum Gasteiger partial charge on any atom is 0.224 e. The maximum absolute atomic E-state index is 11.6. The number of hydrogen-bond donors (Lipinski definition) is 2. The summed E-state index contributed by atoms with van der Waals surface area (Å²) in [5.74, 6) is -0.0249. The lowest BCUT2D eigenvalue weighted by atomic mass is 10.1. The van der Waals surface area contributed by atoms with Crippen LogP contribution in [0.25, 0.3) is 0 Å². The Bertz CT molecular complexity index is 451. The fourth-order valence-corrected chi connectivity index (χ4v) is 2.40. The van der Waals surface area contributed by atoms with Gasteiger partial charge in [0.25, 0.3) is 0 Å². The molecule has 0 spiro atoms. The first-order valence-electron chi connectivity index (χ1n) is 6.92. The Morgan fingerprint density at radius 1 is 1.45 bits per heavy atom. The van der Waals surface area contributed by atoms with Gasteiger partial charge < -0.3 is 15.5 Å². The van der Waals surface area contributed by atoms with Gasteiger partial charge in [0.2, 0.25) is 5.91 Å². The van der Waals surface area contributed by atoms with E-state index in [1.54, 1.807) is 7.05 Å². The van der Waals surface area contributed by atoms with Gasteiger partial charge in [-0.25, -0.2) is 0 Å². The van der Waals surface area contributed by atoms with Crippen LogP contribution in [-0.4, -0.2) is 33.1 Å². The predicted molar refractivity (Wildman–Crippen MR) is 85.3 cm³/mol. The molecule has 0 saturated heterocycles. The minimum atomic E-state index is -0.0732. The molecule has 1 rings (SSSR count). The molecule has 1 aromatic carbocycles. The zero-order valence-corrected chi connectivity index (χ0v) is 13.4. The van der Waals surface area contributed by atoms with Gasteiger partial charge in [-0.1, -0.05) is 31.5 Å². The molecule has 1 amide bonds. The highest BCUT2D eigenvalue weighted by Gasteiger charge is 2.16. The zero-order valence-electron chi connectivity index (χ0n) is 12.7. The molecule has 0 fully saturated rings. The summed E-state index contributed by atoms with van der Waals surface area (Å²) in [6.07, 6.45) is 0. The van der Waals surface area contributed by atoms with Crippen molar-refractivity contribution in [2.75, 3.05) is 32.1 Å². The maximum atomic E-state index is 11.6. The lowest BCUT2D eigenvalue weighted by Gasteiger charge is -2.25. The molecule has 20 heavy (non-hydrogen) atoms. The summed E-state index contributed by atoms with van der Waals surface area (Å²) in [5, 5.41) is 6.73. The van der Waals surface area contributed by atoms with Crippen LogP contribution in [0.3, 0.4) is 0 Å². The Morgan fingerprint density at radius 3 is 2.75 bits per heavy atom. The molecule has 5 heteroatoms. The largest absolute Gasteiger partial charge is 0.374 e. The number of anilines is 1. The summed E-state index contributed by atoms with van der Waals surface area (Å²) in [4.78, 5) is 13.7. The molecule has 1 atom stereocenters. The summed E-state index contributed by atoms with van der Waals surface area (Å²) in [7, 11) is 3.65. The van der Waals surface area contributed by atoms with Gasteiger partial charge in [0.15, 0.2) is 0 Å². The Labute approximate surface area is 126 Å². The Morgan fingerprint density at radius 2 is 2.15 bits per heavy atom. The van der Waals surface area contributed by atoms with Crippen LogP contribution in [-0.2, 0) is 11.3 Å². The van der Waals surface area contributed by atoms with E-state index >= 15 is 0 Å². The average Bonchev–Trinajstić information content (AvgIpc) is 2.44. The number of benzene rings is 1. The average molecular weight is 298 g/mol. The van der Waals surface area contributed by atoms with E-state index in [-0.39, 0.29) is 11.8 Å². The van der Waals surface area contributed by atoms with E-state index in [9.17, 15) is 4.79 Å². The van der Waals surface area contributed by atoms with Gasteiger partial charge in [-0.05, 0) is 18.7 Å². The van der Waals surface area contributed by atoms with Gasteiger partial charge in [0.05, 0.1) is 5.92 Å². The first-order valence-corrected chi connectivity index (χ1v) is 7.29. The second-order valence-corrected chi connectivity index (χ2v) is 5.32. The van der Waals surface area contributed by atoms with Crippen molar-refractivity contribution in [1.82, 2.24) is 10.6 Å². The van der Waals surface area contributed by atoms with Crippen molar-refractivity contribution in [2.24, 2.45) is 5.92 Å². The van der Waals surface area contributed by atoms with Gasteiger partial charge in [-0.2, -0.15) is 0 Å². The quantitative estimate of drug-likeness (QED) is 0.811. The number of nitrogens with one attached hydrogen (secondary N) is 2. The fraction of sp³-hybridized carbons (Fsp3) is 0.533. The van der Waals surface area contributed by atoms with Crippen molar-refractivity contribution in [1.29, 1.82) is 0 Å². The number of hydrogen-bond acceptors (Lipinski definition) is 3. The molecule has 0 aliphatic rings. The monoisotopic (exact) mass is 297 g/mol. The molecule has 0 aliphatic carbocycles. The summed E-state index contributed by atoms with van der Waals surface area (Å²) in [5.41, 5.74) is 2.14. The molecular formula is C15H24ClN3O. The lowest BCUT2D eigenvalue weighted by molar-refractivity contribution is -0.123. The third-order valence-corrected chi connectivity index (χ3v) is 3.65. The number of carbonyl (C=O) groups excluding carboxylic acids is 1. The molecule has 0 heterocycles. The van der Waals surface area contributed by atoms with Crippen LogP contribution in [0, 0.1) is 5.92 Å². The number of rotatable bonds is 7. The van der Waals surface area contributed by atoms with Crippen molar-refractivity contribution in [3.63, 3.8) is 0 Å². The van der Waals surface area contributed by atoms with Gasteiger partial charge in [0, 0.05) is 43.5 Å². The second-order valence-electron chi connectivity index (χ2n) is 4.91. The van der Waals surface area contributed by atoms with Crippen LogP contribution in [0.5, 0.6) is 0 Å². The van der Waals surface area contributed by atoms with Gasteiger partial charge in [-0.15, -0.1) is 0 Å². The molecule has 0 radical (unpaired) electrons. The van der Waals surface area contributed by atoms with E-state index < -0.39 is 0 Å². The normalized spacial score (nSPS) is 12.1. The molecule has 1 aromatic rings. The van der Waals surface area contributed by atoms with Crippen LogP contribution in [0.15, 0.2) is 18.2 Å². The van der Waals surface area contributed by atoms with E-state index in [0.717, 1.165) is 29.4 Å². The van der Waals surface area contributed by atoms with Gasteiger partial charge in [0.1, 0.15) is 0 Å². The van der Waals surface area contributed by atoms with E-state index in [1.807, 2.05) is 32.2 Å². The number of amides is 1. The highest BCUT2D eigenvalue weighted by molar-refractivity contribution is 6.31. The van der Waals surface area contributed by atoms with Crippen molar-refractivity contribution < 1.29 is 4.79 Å². The molecular weight excluding hydrogens is 274 g/mol. The minimum Gasteiger partial charge on any atom is -0.374 e. The number of carbonyl (C=O) groups is 1. The molecule has 2 N–H and O–H groups in total. The van der Waals surface area contributed by atoms with Crippen molar-refractivity contribution >= 4 is 23.2 Å². The first-order chi connectivity index (χ1) is 9.51. The van der Waals surface area contributed by atoms with E-state index in [2.05, 4.69) is 22.5 Å². The van der Waals surface area contributed by atoms with Crippen LogP contribution < -0.4 is 15.5 Å². The standard InChI is InChI=1S/C15H24ClN3O/c1-5-18-9-12-13(16)7-6-8-14(12)19(4)10-11(2)15(20)17-3/h6-8,11,18H,5,9-10H2,1-4H3,(H,17,20). The molecule has 0 saturated carbocycles.